The van der Waals surface area contributed by atoms with Crippen molar-refractivity contribution < 1.29 is 9.18 Å². The van der Waals surface area contributed by atoms with E-state index in [1.54, 1.807) is 6.07 Å². The number of rotatable bonds is 1. The molecule has 0 aromatic heterocycles. The summed E-state index contributed by atoms with van der Waals surface area (Å²) in [4.78, 5) is 20.8. The van der Waals surface area contributed by atoms with Gasteiger partial charge in [0.25, 0.3) is 5.91 Å². The van der Waals surface area contributed by atoms with Crippen LogP contribution in [0.15, 0.2) is 33.1 Å². The van der Waals surface area contributed by atoms with Gasteiger partial charge in [0.15, 0.2) is 0 Å². The minimum Gasteiger partial charge on any atom is -0.271 e. The zero-order valence-electron chi connectivity index (χ0n) is 9.11. The molecule has 0 saturated heterocycles. The molecule has 17 heavy (non-hydrogen) atoms. The van der Waals surface area contributed by atoms with Gasteiger partial charge in [0.2, 0.25) is 0 Å². The molecule has 1 amide bonds. The number of benzene rings is 1. The van der Waals surface area contributed by atoms with Crippen LogP contribution in [0.1, 0.15) is 18.9 Å². The molecule has 0 N–H and O–H groups in total. The van der Waals surface area contributed by atoms with Gasteiger partial charge in [-0.25, -0.2) is 9.38 Å². The highest BCUT2D eigenvalue weighted by atomic mass is 32.2. The maximum atomic E-state index is 13.8. The molecule has 0 saturated carbocycles. The van der Waals surface area contributed by atoms with E-state index in [4.69, 9.17) is 0 Å². The lowest BCUT2D eigenvalue weighted by Gasteiger charge is -2.12. The number of halogens is 1. The number of fused-ring (bicyclic) bond motifs is 3. The molecule has 1 unspecified atom stereocenters. The van der Waals surface area contributed by atoms with E-state index in [1.807, 2.05) is 13.0 Å². The van der Waals surface area contributed by atoms with E-state index in [-0.39, 0.29) is 11.7 Å². The Morgan fingerprint density at radius 2 is 2.24 bits per heavy atom. The fourth-order valence-electron chi connectivity index (χ4n) is 1.95. The summed E-state index contributed by atoms with van der Waals surface area (Å²) in [5.74, 6) is -0.0631. The third-order valence-corrected chi connectivity index (χ3v) is 4.01. The minimum atomic E-state index is -0.461. The summed E-state index contributed by atoms with van der Waals surface area (Å²) < 4.78 is 13.8. The first-order valence-electron chi connectivity index (χ1n) is 5.36. The zero-order valence-corrected chi connectivity index (χ0v) is 9.92. The Morgan fingerprint density at radius 3 is 3.00 bits per heavy atom. The lowest BCUT2D eigenvalue weighted by molar-refractivity contribution is -0.116. The second kappa shape index (κ2) is 3.77. The summed E-state index contributed by atoms with van der Waals surface area (Å²) in [6.45, 7) is 1.88. The lowest BCUT2D eigenvalue weighted by atomic mass is 10.1. The van der Waals surface area contributed by atoms with Gasteiger partial charge in [0, 0.05) is 16.9 Å². The average molecular weight is 248 g/mol. The molecule has 0 spiro atoms. The smallest absolute Gasteiger partial charge is 0.267 e. The van der Waals surface area contributed by atoms with E-state index in [9.17, 15) is 9.18 Å². The van der Waals surface area contributed by atoms with Gasteiger partial charge in [-0.3, -0.25) is 4.79 Å². The first-order chi connectivity index (χ1) is 8.20. The van der Waals surface area contributed by atoms with Crippen molar-refractivity contribution in [2.75, 3.05) is 0 Å². The topological polar surface area (TPSA) is 41.8 Å². The van der Waals surface area contributed by atoms with Gasteiger partial charge in [-0.05, 0) is 12.1 Å². The summed E-state index contributed by atoms with van der Waals surface area (Å²) >= 11 is 1.33. The number of amidine groups is 1. The van der Waals surface area contributed by atoms with Crippen LogP contribution < -0.4 is 0 Å². The van der Waals surface area contributed by atoms with Crippen LogP contribution in [-0.2, 0) is 4.79 Å². The van der Waals surface area contributed by atoms with Crippen LogP contribution in [0.3, 0.4) is 0 Å². The van der Waals surface area contributed by atoms with Crippen molar-refractivity contribution in [2.45, 2.75) is 23.5 Å². The fourth-order valence-corrected chi connectivity index (χ4v) is 3.12. The van der Waals surface area contributed by atoms with Crippen LogP contribution in [0.2, 0.25) is 0 Å². The van der Waals surface area contributed by atoms with Crippen molar-refractivity contribution in [1.82, 2.24) is 0 Å². The first-order valence-corrected chi connectivity index (χ1v) is 6.24. The maximum Gasteiger partial charge on any atom is 0.267 e. The highest BCUT2D eigenvalue weighted by Crippen LogP contribution is 2.40. The Labute approximate surface area is 102 Å². The van der Waals surface area contributed by atoms with Gasteiger partial charge in [-0.1, -0.05) is 13.0 Å². The van der Waals surface area contributed by atoms with Crippen molar-refractivity contribution in [1.29, 1.82) is 0 Å². The van der Waals surface area contributed by atoms with Crippen molar-refractivity contribution in [3.8, 4) is 0 Å². The summed E-state index contributed by atoms with van der Waals surface area (Å²) in [5.41, 5.74) is 0.997. The van der Waals surface area contributed by atoms with E-state index in [0.717, 1.165) is 4.90 Å². The first kappa shape index (κ1) is 10.7. The Balaban J connectivity index is 2.19. The molecule has 86 valence electrons. The van der Waals surface area contributed by atoms with Gasteiger partial charge < -0.3 is 0 Å². The van der Waals surface area contributed by atoms with Crippen molar-refractivity contribution >= 4 is 29.2 Å². The quantitative estimate of drug-likeness (QED) is 0.766. The summed E-state index contributed by atoms with van der Waals surface area (Å²) in [6, 6.07) is 4.85. The number of nitrogens with zero attached hydrogens (tertiary/aromatic N) is 2. The summed E-state index contributed by atoms with van der Waals surface area (Å²) in [5, 5.41) is -0.461. The average Bonchev–Trinajstić information content (AvgIpc) is 2.69. The molecule has 0 radical (unpaired) electrons. The molecule has 0 fully saturated rings. The summed E-state index contributed by atoms with van der Waals surface area (Å²) in [7, 11) is 0. The Kier molecular flexibility index (Phi) is 2.36. The maximum absolute atomic E-state index is 13.8. The SMILES string of the molecule is CCC1=NC(=O)C2Sc3cccc(F)c3C2=N1. The number of amides is 1. The monoisotopic (exact) mass is 248 g/mol. The molecular formula is C12H9FN2OS. The highest BCUT2D eigenvalue weighted by molar-refractivity contribution is 8.02. The fraction of sp³-hybridized carbons (Fsp3) is 0.250. The Morgan fingerprint density at radius 1 is 1.41 bits per heavy atom. The number of hydrogen-bond donors (Lipinski definition) is 0. The molecule has 3 nitrogen and oxygen atoms in total. The van der Waals surface area contributed by atoms with Crippen molar-refractivity contribution in [3.05, 3.63) is 29.6 Å². The third-order valence-electron chi connectivity index (χ3n) is 2.75. The van der Waals surface area contributed by atoms with E-state index in [2.05, 4.69) is 9.98 Å². The molecular weight excluding hydrogens is 239 g/mol. The van der Waals surface area contributed by atoms with Crippen LogP contribution in [0.4, 0.5) is 4.39 Å². The third kappa shape index (κ3) is 1.53. The predicted octanol–water partition coefficient (Wildman–Crippen LogP) is 2.44. The second-order valence-corrected chi connectivity index (χ2v) is 4.97. The van der Waals surface area contributed by atoms with Gasteiger partial charge in [-0.15, -0.1) is 11.8 Å². The molecule has 1 aromatic carbocycles. The summed E-state index contributed by atoms with van der Waals surface area (Å²) in [6.07, 6.45) is 0.580. The number of aliphatic imine (C=N–C) groups is 2. The van der Waals surface area contributed by atoms with Crippen LogP contribution in [0.5, 0.6) is 0 Å². The molecule has 1 atom stereocenters. The van der Waals surface area contributed by atoms with Gasteiger partial charge in [0.05, 0.1) is 5.71 Å². The largest absolute Gasteiger partial charge is 0.271 e. The Hall–Kier alpha value is -1.49. The molecule has 5 heteroatoms. The number of thioether (sulfide) groups is 1. The highest BCUT2D eigenvalue weighted by Gasteiger charge is 2.39. The lowest BCUT2D eigenvalue weighted by Crippen LogP contribution is -2.28. The molecule has 2 heterocycles. The van der Waals surface area contributed by atoms with Crippen LogP contribution in [0, 0.1) is 5.82 Å². The van der Waals surface area contributed by atoms with Crippen LogP contribution in [-0.4, -0.2) is 22.7 Å². The molecule has 2 aliphatic rings. The number of hydrogen-bond acceptors (Lipinski definition) is 3. The van der Waals surface area contributed by atoms with Crippen LogP contribution >= 0.6 is 11.8 Å². The van der Waals surface area contributed by atoms with Gasteiger partial charge >= 0.3 is 0 Å². The van der Waals surface area contributed by atoms with Crippen LogP contribution in [0.25, 0.3) is 0 Å². The minimum absolute atomic E-state index is 0.229. The van der Waals surface area contributed by atoms with E-state index < -0.39 is 5.25 Å². The second-order valence-electron chi connectivity index (χ2n) is 3.83. The van der Waals surface area contributed by atoms with E-state index in [0.29, 0.717) is 23.5 Å². The number of carbonyl (C=O) groups is 1. The molecule has 2 aliphatic heterocycles. The van der Waals surface area contributed by atoms with Crippen molar-refractivity contribution in [3.63, 3.8) is 0 Å². The normalized spacial score (nSPS) is 21.8. The molecule has 0 aliphatic carbocycles. The Bertz CT molecular complexity index is 580. The number of carbonyl (C=O) groups excluding carboxylic acids is 1. The predicted molar refractivity (Wildman–Crippen MR) is 65.3 cm³/mol. The van der Waals surface area contributed by atoms with E-state index >= 15 is 0 Å². The zero-order chi connectivity index (χ0) is 12.0. The van der Waals surface area contributed by atoms with E-state index in [1.165, 1.54) is 17.8 Å². The molecule has 0 bridgehead atoms. The van der Waals surface area contributed by atoms with Gasteiger partial charge in [-0.2, -0.15) is 4.99 Å². The van der Waals surface area contributed by atoms with Gasteiger partial charge in [0.1, 0.15) is 16.9 Å². The standard InChI is InChI=1S/C12H9FN2OS/c1-2-8-14-10-9-6(13)4-3-5-7(9)17-11(10)12(16)15-8/h3-5,11H,2H2,1H3. The van der Waals surface area contributed by atoms with Crippen molar-refractivity contribution in [2.24, 2.45) is 9.98 Å². The molecule has 1 aromatic rings. The molecule has 3 rings (SSSR count).